The van der Waals surface area contributed by atoms with Gasteiger partial charge in [0, 0.05) is 0 Å². The molecule has 0 heterocycles. The lowest BCUT2D eigenvalue weighted by atomic mass is 9.32. The summed E-state index contributed by atoms with van der Waals surface area (Å²) in [4.78, 5) is -0.0405. The molecule has 0 unspecified atom stereocenters. The van der Waals surface area contributed by atoms with Crippen molar-refractivity contribution >= 4 is 43.1 Å². The van der Waals surface area contributed by atoms with Gasteiger partial charge < -0.3 is 15.2 Å². The van der Waals surface area contributed by atoms with Crippen LogP contribution in [-0.2, 0) is 5.21 Å². The highest BCUT2D eigenvalue weighted by atomic mass is 32.2. The smallest absolute Gasteiger partial charge is 0.446 e. The lowest BCUT2D eigenvalue weighted by Crippen LogP contribution is -2.60. The molecular formula is C11H18B4F3NO2S. The Morgan fingerprint density at radius 3 is 1.86 bits per heavy atom. The Bertz CT molecular complexity index is 549. The fraction of sp³-hybridized carbons (Fsp3) is 0.455. The molecule has 1 rings (SSSR count). The Balaban J connectivity index is 3.50. The summed E-state index contributed by atoms with van der Waals surface area (Å²) in [5.41, 5.74) is 2.52. The molecule has 0 bridgehead atoms. The van der Waals surface area contributed by atoms with E-state index in [1.54, 1.807) is 6.07 Å². The van der Waals surface area contributed by atoms with Gasteiger partial charge in [-0.2, -0.15) is 13.2 Å². The van der Waals surface area contributed by atoms with Crippen molar-refractivity contribution in [2.75, 3.05) is 14.2 Å². The highest BCUT2D eigenvalue weighted by Gasteiger charge is 2.38. The minimum absolute atomic E-state index is 0.0405. The van der Waals surface area contributed by atoms with Crippen molar-refractivity contribution < 1.29 is 22.6 Å². The second-order valence-electron chi connectivity index (χ2n) is 6.10. The van der Waals surface area contributed by atoms with Crippen molar-refractivity contribution in [1.82, 2.24) is 0 Å². The van der Waals surface area contributed by atoms with E-state index in [4.69, 9.17) is 15.2 Å². The molecule has 2 N–H and O–H groups in total. The molecule has 0 saturated heterocycles. The molecule has 0 spiro atoms. The van der Waals surface area contributed by atoms with Crippen molar-refractivity contribution in [1.29, 1.82) is 0 Å². The van der Waals surface area contributed by atoms with E-state index in [9.17, 15) is 13.2 Å². The van der Waals surface area contributed by atoms with Crippen LogP contribution in [0.15, 0.2) is 17.0 Å². The third-order valence-corrected chi connectivity index (χ3v) is 4.77. The summed E-state index contributed by atoms with van der Waals surface area (Å²) in [5, 5.41) is -1.14. The van der Waals surface area contributed by atoms with E-state index in [0.29, 0.717) is 11.3 Å². The molecule has 0 aliphatic rings. The zero-order chi connectivity index (χ0) is 17.3. The first-order valence-corrected chi connectivity index (χ1v) is 7.46. The van der Waals surface area contributed by atoms with Crippen molar-refractivity contribution in [2.45, 2.75) is 21.0 Å². The number of hydrogen-bond acceptors (Lipinski definition) is 4. The summed E-state index contributed by atoms with van der Waals surface area (Å²) < 4.78 is 48.4. The summed E-state index contributed by atoms with van der Waals surface area (Å²) in [5.74, 6) is 0.506. The van der Waals surface area contributed by atoms with E-state index < -0.39 is 16.1 Å². The Morgan fingerprint density at radius 1 is 1.00 bits per heavy atom. The summed E-state index contributed by atoms with van der Waals surface area (Å²) in [7, 11) is 10.3. The number of alkyl halides is 3. The molecule has 1 aromatic carbocycles. The fourth-order valence-corrected chi connectivity index (χ4v) is 2.57. The Kier molecular flexibility index (Phi) is 5.55. The predicted octanol–water partition coefficient (Wildman–Crippen LogP) is -1.39. The van der Waals surface area contributed by atoms with Gasteiger partial charge in [-0.05, 0) is 34.8 Å². The van der Waals surface area contributed by atoms with Gasteiger partial charge in [0.15, 0.2) is 0 Å². The van der Waals surface area contributed by atoms with Crippen molar-refractivity contribution in [3.05, 3.63) is 17.7 Å². The Hall–Kier alpha value is -0.820. The van der Waals surface area contributed by atoms with Crippen LogP contribution in [0.3, 0.4) is 0 Å². The molecule has 0 fully saturated rings. The second-order valence-corrected chi connectivity index (χ2v) is 7.20. The average Bonchev–Trinajstić information content (AvgIpc) is 2.34. The SMILES string of the molecule is BC(B)(N)C(B)(B)c1cc(OC)c(SC(F)(F)F)cc1OC. The molecule has 22 heavy (non-hydrogen) atoms. The zero-order valence-electron chi connectivity index (χ0n) is 13.6. The summed E-state index contributed by atoms with van der Waals surface area (Å²) in [6.07, 6.45) is 0. The van der Waals surface area contributed by atoms with Crippen LogP contribution in [0.2, 0.25) is 0 Å². The maximum atomic E-state index is 12.7. The number of nitrogens with two attached hydrogens (primary N) is 1. The number of rotatable bonds is 5. The zero-order valence-corrected chi connectivity index (χ0v) is 14.4. The fourth-order valence-electron chi connectivity index (χ4n) is 1.91. The van der Waals surface area contributed by atoms with Gasteiger partial charge in [-0.3, -0.25) is 0 Å². The molecule has 0 atom stereocenters. The molecule has 0 aromatic heterocycles. The van der Waals surface area contributed by atoms with E-state index >= 15 is 0 Å². The molecule has 11 heteroatoms. The standard InChI is InChI=1S/C11H18B4F3NO2S/c1-20-6-4-8(22-11(16,17)18)7(21-2)3-5(6)9(12,13)10(14,15)19/h3-4H,12-15,19H2,1-2H3. The molecule has 1 aromatic rings. The van der Waals surface area contributed by atoms with Crippen LogP contribution >= 0.6 is 11.8 Å². The van der Waals surface area contributed by atoms with Gasteiger partial charge in [0.2, 0.25) is 0 Å². The molecule has 118 valence electrons. The average molecular weight is 329 g/mol. The van der Waals surface area contributed by atoms with Gasteiger partial charge in [-0.15, -0.1) is 0 Å². The molecule has 0 aliphatic heterocycles. The Morgan fingerprint density at radius 2 is 1.50 bits per heavy atom. The van der Waals surface area contributed by atoms with E-state index in [1.165, 1.54) is 20.3 Å². The van der Waals surface area contributed by atoms with Gasteiger partial charge >= 0.3 is 5.51 Å². The number of thioether (sulfide) groups is 1. The van der Waals surface area contributed by atoms with Gasteiger partial charge in [0.25, 0.3) is 0 Å². The van der Waals surface area contributed by atoms with Crippen LogP contribution in [0, 0.1) is 0 Å². The van der Waals surface area contributed by atoms with Crippen LogP contribution in [0.25, 0.3) is 0 Å². The van der Waals surface area contributed by atoms with Gasteiger partial charge in [-0.1, -0.05) is 5.21 Å². The number of hydrogen-bond donors (Lipinski definition) is 1. The number of ether oxygens (including phenoxy) is 2. The second kappa shape index (κ2) is 6.35. The lowest BCUT2D eigenvalue weighted by molar-refractivity contribution is -0.0328. The summed E-state index contributed by atoms with van der Waals surface area (Å²) in [6.45, 7) is 0. The molecule has 0 aliphatic carbocycles. The van der Waals surface area contributed by atoms with E-state index in [0.717, 1.165) is 0 Å². The van der Waals surface area contributed by atoms with Crippen LogP contribution in [-0.4, -0.2) is 56.5 Å². The largest absolute Gasteiger partial charge is 0.496 e. The van der Waals surface area contributed by atoms with Crippen molar-refractivity contribution in [3.8, 4) is 11.5 Å². The maximum Gasteiger partial charge on any atom is 0.446 e. The highest BCUT2D eigenvalue weighted by molar-refractivity contribution is 8.00. The molecule has 0 amide bonds. The third-order valence-electron chi connectivity index (χ3n) is 4.00. The minimum atomic E-state index is -4.40. The normalized spacial score (nSPS) is 13.0. The van der Waals surface area contributed by atoms with E-state index in [1.807, 2.05) is 31.4 Å². The number of methoxy groups -OCH3 is 2. The molecule has 3 nitrogen and oxygen atoms in total. The van der Waals surface area contributed by atoms with Crippen LogP contribution in [0.4, 0.5) is 13.2 Å². The monoisotopic (exact) mass is 329 g/mol. The lowest BCUT2D eigenvalue weighted by Gasteiger charge is -2.41. The number of benzene rings is 1. The molecule has 0 radical (unpaired) electrons. The molecule has 0 saturated carbocycles. The maximum absolute atomic E-state index is 12.7. The summed E-state index contributed by atoms with van der Waals surface area (Å²) >= 11 is -0.228. The third kappa shape index (κ3) is 4.13. The van der Waals surface area contributed by atoms with Gasteiger partial charge in [-0.25, -0.2) is 0 Å². The van der Waals surface area contributed by atoms with E-state index in [-0.39, 0.29) is 22.4 Å². The van der Waals surface area contributed by atoms with Crippen molar-refractivity contribution in [2.24, 2.45) is 5.73 Å². The van der Waals surface area contributed by atoms with Gasteiger partial charge in [0.05, 0.1) is 19.1 Å². The van der Waals surface area contributed by atoms with Crippen LogP contribution in [0.5, 0.6) is 11.5 Å². The van der Waals surface area contributed by atoms with Crippen molar-refractivity contribution in [3.63, 3.8) is 0 Å². The van der Waals surface area contributed by atoms with Crippen LogP contribution < -0.4 is 15.2 Å². The first kappa shape index (κ1) is 19.2. The Labute approximate surface area is 136 Å². The first-order valence-electron chi connectivity index (χ1n) is 6.64. The highest BCUT2D eigenvalue weighted by Crippen LogP contribution is 2.46. The van der Waals surface area contributed by atoms with Crippen LogP contribution in [0.1, 0.15) is 5.56 Å². The first-order chi connectivity index (χ1) is 9.83. The van der Waals surface area contributed by atoms with Gasteiger partial charge in [0.1, 0.15) is 42.9 Å². The summed E-state index contributed by atoms with van der Waals surface area (Å²) in [6, 6.07) is 2.92. The van der Waals surface area contributed by atoms with E-state index in [2.05, 4.69) is 0 Å². The minimum Gasteiger partial charge on any atom is -0.496 e. The predicted molar refractivity (Wildman–Crippen MR) is 94.2 cm³/mol. The quantitative estimate of drug-likeness (QED) is 0.534. The topological polar surface area (TPSA) is 44.5 Å². The molecular weight excluding hydrogens is 310 g/mol. The number of halogens is 3.